The average molecular weight is 571 g/mol. The number of halogens is 3. The van der Waals surface area contributed by atoms with Crippen LogP contribution in [-0.2, 0) is 4.79 Å². The van der Waals surface area contributed by atoms with Crippen LogP contribution >= 0.6 is 0 Å². The van der Waals surface area contributed by atoms with E-state index in [4.69, 9.17) is 19.6 Å². The summed E-state index contributed by atoms with van der Waals surface area (Å²) in [6, 6.07) is 21.6. The van der Waals surface area contributed by atoms with Gasteiger partial charge in [-0.2, -0.15) is 13.2 Å². The first-order chi connectivity index (χ1) is 20.2. The third-order valence-corrected chi connectivity index (χ3v) is 6.94. The van der Waals surface area contributed by atoms with Crippen molar-refractivity contribution in [2.45, 2.75) is 12.2 Å². The van der Waals surface area contributed by atoms with E-state index in [0.29, 0.717) is 12.2 Å². The van der Waals surface area contributed by atoms with Crippen LogP contribution in [0.5, 0.6) is 5.75 Å². The summed E-state index contributed by atoms with van der Waals surface area (Å²) in [4.78, 5) is 34.9. The minimum atomic E-state index is -5.08. The van der Waals surface area contributed by atoms with Crippen molar-refractivity contribution >= 4 is 29.0 Å². The van der Waals surface area contributed by atoms with E-state index in [9.17, 15) is 18.0 Å². The second kappa shape index (κ2) is 10.5. The lowest BCUT2D eigenvalue weighted by atomic mass is 9.98. The Balaban J connectivity index is 0.000000405. The first-order valence-corrected chi connectivity index (χ1v) is 12.8. The normalized spacial score (nSPS) is 14.6. The van der Waals surface area contributed by atoms with E-state index in [2.05, 4.69) is 39.6 Å². The molecule has 1 aliphatic heterocycles. The van der Waals surface area contributed by atoms with Crippen molar-refractivity contribution in [1.82, 2.24) is 20.3 Å². The highest BCUT2D eigenvalue weighted by atomic mass is 19.4. The summed E-state index contributed by atoms with van der Waals surface area (Å²) in [6.45, 7) is 0.516. The average Bonchev–Trinajstić information content (AvgIpc) is 3.56. The van der Waals surface area contributed by atoms with Gasteiger partial charge in [0.1, 0.15) is 18.2 Å². The van der Waals surface area contributed by atoms with Crippen LogP contribution in [0.1, 0.15) is 33.1 Å². The zero-order chi connectivity index (χ0) is 29.4. The standard InChI is InChI=1S/C29H20N4O2.C2HF3O2/c34-29(20-8-4-12-25-17(20)11-5-15-35-25)33-27-19-7-2-1-6-18(19)26-21(27)9-3-10-22(26)28-31-23-13-14-30-16-24(23)32-28;3-2(4,5)1(6)7/h1-14,16,27H,15H2,(H,31,32)(H,33,34);(H,6,7). The third-order valence-electron chi connectivity index (χ3n) is 6.94. The zero-order valence-corrected chi connectivity index (χ0v) is 21.6. The maximum Gasteiger partial charge on any atom is 0.490 e. The van der Waals surface area contributed by atoms with Gasteiger partial charge in [-0.15, -0.1) is 0 Å². The van der Waals surface area contributed by atoms with Gasteiger partial charge in [0, 0.05) is 17.3 Å². The summed E-state index contributed by atoms with van der Waals surface area (Å²) in [6.07, 6.45) is 2.32. The van der Waals surface area contributed by atoms with E-state index < -0.39 is 12.1 Å². The Labute approximate surface area is 236 Å². The molecule has 2 aromatic heterocycles. The Morgan fingerprint density at radius 1 is 0.976 bits per heavy atom. The van der Waals surface area contributed by atoms with Crippen LogP contribution in [0, 0.1) is 0 Å². The summed E-state index contributed by atoms with van der Waals surface area (Å²) >= 11 is 0. The number of amides is 1. The molecular weight excluding hydrogens is 549 g/mol. The molecule has 5 aromatic rings. The number of ether oxygens (including phenoxy) is 1. The lowest BCUT2D eigenvalue weighted by Gasteiger charge is -2.19. The topological polar surface area (TPSA) is 117 Å². The Kier molecular flexibility index (Phi) is 6.69. The van der Waals surface area contributed by atoms with E-state index in [0.717, 1.165) is 56.0 Å². The molecule has 0 bridgehead atoms. The van der Waals surface area contributed by atoms with Crippen molar-refractivity contribution < 1.29 is 32.6 Å². The largest absolute Gasteiger partial charge is 0.490 e. The van der Waals surface area contributed by atoms with Gasteiger partial charge in [-0.1, -0.05) is 54.6 Å². The molecule has 1 amide bonds. The molecule has 8 nitrogen and oxygen atoms in total. The first kappa shape index (κ1) is 26.8. The maximum absolute atomic E-state index is 13.5. The van der Waals surface area contributed by atoms with Gasteiger partial charge in [-0.3, -0.25) is 9.78 Å². The fourth-order valence-electron chi connectivity index (χ4n) is 5.15. The second-order valence-electron chi connectivity index (χ2n) is 9.48. The van der Waals surface area contributed by atoms with E-state index in [1.807, 2.05) is 54.6 Å². The number of rotatable bonds is 3. The molecule has 1 unspecified atom stereocenters. The summed E-state index contributed by atoms with van der Waals surface area (Å²) in [5, 5.41) is 10.4. The van der Waals surface area contributed by atoms with Gasteiger partial charge in [-0.25, -0.2) is 9.78 Å². The number of hydrogen-bond donors (Lipinski definition) is 3. The minimum absolute atomic E-state index is 0.134. The van der Waals surface area contributed by atoms with Crippen molar-refractivity contribution in [3.63, 3.8) is 0 Å². The van der Waals surface area contributed by atoms with Crippen LogP contribution in [-0.4, -0.2) is 44.7 Å². The minimum Gasteiger partial charge on any atom is -0.489 e. The number of carboxylic acid groups (broad SMARTS) is 1. The lowest BCUT2D eigenvalue weighted by Crippen LogP contribution is -2.29. The molecule has 3 aromatic carbocycles. The number of aliphatic carboxylic acids is 1. The Morgan fingerprint density at radius 2 is 1.71 bits per heavy atom. The van der Waals surface area contributed by atoms with Gasteiger partial charge in [0.15, 0.2) is 0 Å². The first-order valence-electron chi connectivity index (χ1n) is 12.8. The lowest BCUT2D eigenvalue weighted by molar-refractivity contribution is -0.192. The highest BCUT2D eigenvalue weighted by Gasteiger charge is 2.38. The fourth-order valence-corrected chi connectivity index (χ4v) is 5.15. The smallest absolute Gasteiger partial charge is 0.489 e. The van der Waals surface area contributed by atoms with E-state index in [-0.39, 0.29) is 11.9 Å². The Bertz CT molecular complexity index is 1850. The molecule has 7 rings (SSSR count). The number of H-pyrrole nitrogens is 1. The number of aromatic amines is 1. The number of aromatic nitrogens is 3. The van der Waals surface area contributed by atoms with Gasteiger partial charge in [0.05, 0.1) is 28.8 Å². The molecule has 11 heteroatoms. The molecule has 42 heavy (non-hydrogen) atoms. The van der Waals surface area contributed by atoms with Gasteiger partial charge >= 0.3 is 12.1 Å². The van der Waals surface area contributed by atoms with Gasteiger partial charge < -0.3 is 20.1 Å². The molecule has 0 saturated carbocycles. The molecule has 0 saturated heterocycles. The third kappa shape index (κ3) is 4.85. The van der Waals surface area contributed by atoms with Crippen LogP contribution in [0.3, 0.4) is 0 Å². The van der Waals surface area contributed by atoms with Crippen molar-refractivity contribution in [3.8, 4) is 28.3 Å². The molecule has 0 fully saturated rings. The quantitative estimate of drug-likeness (QED) is 0.239. The van der Waals surface area contributed by atoms with Crippen LogP contribution in [0.25, 0.3) is 39.6 Å². The van der Waals surface area contributed by atoms with E-state index in [1.54, 1.807) is 12.4 Å². The highest BCUT2D eigenvalue weighted by Crippen LogP contribution is 2.47. The number of carbonyl (C=O) groups is 2. The van der Waals surface area contributed by atoms with Crippen molar-refractivity contribution in [1.29, 1.82) is 0 Å². The predicted octanol–water partition coefficient (Wildman–Crippen LogP) is 6.16. The molecule has 0 radical (unpaired) electrons. The van der Waals surface area contributed by atoms with E-state index in [1.165, 1.54) is 0 Å². The predicted molar refractivity (Wildman–Crippen MR) is 149 cm³/mol. The Morgan fingerprint density at radius 3 is 2.50 bits per heavy atom. The monoisotopic (exact) mass is 570 g/mol. The number of benzene rings is 3. The summed E-state index contributed by atoms with van der Waals surface area (Å²) in [5.41, 5.74) is 8.46. The number of alkyl halides is 3. The molecule has 1 aliphatic carbocycles. The molecule has 0 spiro atoms. The van der Waals surface area contributed by atoms with Crippen molar-refractivity contribution in [3.05, 3.63) is 107 Å². The van der Waals surface area contributed by atoms with E-state index >= 15 is 0 Å². The summed E-state index contributed by atoms with van der Waals surface area (Å²) in [5.74, 6) is -1.38. The SMILES string of the molecule is O=C(NC1c2ccccc2-c2c(-c3nc4ccncc4[nH]3)cccc21)c1cccc2c1C=CCO2.O=C(O)C(F)(F)F. The maximum atomic E-state index is 13.5. The molecular formula is C31H21F3N4O4. The van der Waals surface area contributed by atoms with Crippen molar-refractivity contribution in [2.24, 2.45) is 0 Å². The van der Waals surface area contributed by atoms with Crippen LogP contribution in [0.2, 0.25) is 0 Å². The molecule has 210 valence electrons. The number of fused-ring (bicyclic) bond motifs is 5. The number of pyridine rings is 1. The molecule has 2 aliphatic rings. The molecule has 3 heterocycles. The second-order valence-corrected chi connectivity index (χ2v) is 9.48. The van der Waals surface area contributed by atoms with Crippen LogP contribution in [0.15, 0.2) is 85.2 Å². The van der Waals surface area contributed by atoms with Crippen molar-refractivity contribution in [2.75, 3.05) is 6.61 Å². The number of carbonyl (C=O) groups excluding carboxylic acids is 1. The summed E-state index contributed by atoms with van der Waals surface area (Å²) in [7, 11) is 0. The molecule has 3 N–H and O–H groups in total. The van der Waals surface area contributed by atoms with Crippen LogP contribution < -0.4 is 10.1 Å². The molecule has 1 atom stereocenters. The number of nitrogens with one attached hydrogen (secondary N) is 2. The van der Waals surface area contributed by atoms with Crippen LogP contribution in [0.4, 0.5) is 13.2 Å². The number of imidazole rings is 1. The zero-order valence-electron chi connectivity index (χ0n) is 21.6. The van der Waals surface area contributed by atoms with Gasteiger partial charge in [0.25, 0.3) is 5.91 Å². The highest BCUT2D eigenvalue weighted by molar-refractivity contribution is 6.00. The number of hydrogen-bond acceptors (Lipinski definition) is 5. The Hall–Kier alpha value is -5.45. The fraction of sp³-hybridized carbons (Fsp3) is 0.0968. The van der Waals surface area contributed by atoms with Gasteiger partial charge in [-0.05, 0) is 46.5 Å². The number of carboxylic acids is 1. The summed E-state index contributed by atoms with van der Waals surface area (Å²) < 4.78 is 37.4. The number of nitrogens with zero attached hydrogens (tertiary/aromatic N) is 2. The van der Waals surface area contributed by atoms with Gasteiger partial charge in [0.2, 0.25) is 0 Å².